The lowest BCUT2D eigenvalue weighted by Crippen LogP contribution is -2.52. The van der Waals surface area contributed by atoms with Gasteiger partial charge >= 0.3 is 0 Å². The number of nitrogens with one attached hydrogen (secondary N) is 1. The number of aliphatic hydroxyl groups excluding tert-OH is 1. The third-order valence-electron chi connectivity index (χ3n) is 7.64. The molecule has 4 heterocycles. The molecule has 2 N–H and O–H groups in total. The highest BCUT2D eigenvalue weighted by Gasteiger charge is 2.41. The lowest BCUT2D eigenvalue weighted by atomic mass is 9.84. The Kier molecular flexibility index (Phi) is 7.53. The molecule has 5 rings (SSSR count). The average Bonchev–Trinajstić information content (AvgIpc) is 3.37. The standard InChI is InChI=1S/C27H38N4O4/c1-19-24(14-20-6-12-33-17-20)29-25(21-4-3-5-23(15-21)34-18-22(32)16-28-2)30-26(19)31-10-7-27(8-11-31)9-13-35-27/h3-5,15,20,22,28,32H,6-14,16-18H2,1-2H3. The average molecular weight is 483 g/mol. The van der Waals surface area contributed by atoms with Gasteiger partial charge in [-0.15, -0.1) is 0 Å². The third-order valence-corrected chi connectivity index (χ3v) is 7.64. The molecule has 1 spiro atoms. The molecular formula is C27H38N4O4. The van der Waals surface area contributed by atoms with Crippen molar-refractivity contribution in [2.45, 2.75) is 50.7 Å². The number of nitrogens with zero attached hydrogens (tertiary/aromatic N) is 3. The minimum Gasteiger partial charge on any atom is -0.491 e. The Morgan fingerprint density at radius 3 is 2.74 bits per heavy atom. The van der Waals surface area contributed by atoms with E-state index in [4.69, 9.17) is 24.2 Å². The molecule has 0 saturated carbocycles. The summed E-state index contributed by atoms with van der Waals surface area (Å²) in [5, 5.41) is 13.0. The number of anilines is 1. The monoisotopic (exact) mass is 482 g/mol. The van der Waals surface area contributed by atoms with Crippen molar-refractivity contribution in [2.24, 2.45) is 5.92 Å². The fourth-order valence-corrected chi connectivity index (χ4v) is 5.33. The Bertz CT molecular complexity index is 997. The summed E-state index contributed by atoms with van der Waals surface area (Å²) < 4.78 is 17.4. The summed E-state index contributed by atoms with van der Waals surface area (Å²) in [5.41, 5.74) is 3.31. The number of hydrogen-bond acceptors (Lipinski definition) is 8. The van der Waals surface area contributed by atoms with E-state index in [2.05, 4.69) is 17.1 Å². The Morgan fingerprint density at radius 2 is 2.06 bits per heavy atom. The van der Waals surface area contributed by atoms with Crippen LogP contribution in [0.25, 0.3) is 11.4 Å². The van der Waals surface area contributed by atoms with E-state index < -0.39 is 6.10 Å². The van der Waals surface area contributed by atoms with E-state index in [-0.39, 0.29) is 12.2 Å². The number of likely N-dealkylation sites (N-methyl/N-ethyl adjacent to an activating group) is 1. The maximum absolute atomic E-state index is 10.0. The summed E-state index contributed by atoms with van der Waals surface area (Å²) in [6.45, 7) is 7.32. The fourth-order valence-electron chi connectivity index (χ4n) is 5.33. The summed E-state index contributed by atoms with van der Waals surface area (Å²) in [7, 11) is 1.81. The summed E-state index contributed by atoms with van der Waals surface area (Å²) in [6.07, 6.45) is 4.70. The van der Waals surface area contributed by atoms with Crippen molar-refractivity contribution in [3.05, 3.63) is 35.5 Å². The second kappa shape index (κ2) is 10.8. The minimum absolute atomic E-state index is 0.105. The number of hydrogen-bond donors (Lipinski definition) is 2. The van der Waals surface area contributed by atoms with Crippen LogP contribution in [0.4, 0.5) is 5.82 Å². The van der Waals surface area contributed by atoms with Crippen LogP contribution in [-0.4, -0.2) is 79.9 Å². The molecule has 3 saturated heterocycles. The van der Waals surface area contributed by atoms with Crippen molar-refractivity contribution < 1.29 is 19.3 Å². The van der Waals surface area contributed by atoms with Gasteiger partial charge in [-0.25, -0.2) is 9.97 Å². The van der Waals surface area contributed by atoms with Crippen LogP contribution < -0.4 is 15.0 Å². The second-order valence-electron chi connectivity index (χ2n) is 10.2. The molecule has 0 amide bonds. The smallest absolute Gasteiger partial charge is 0.161 e. The number of benzene rings is 1. The molecule has 3 aliphatic heterocycles. The van der Waals surface area contributed by atoms with Crippen molar-refractivity contribution >= 4 is 5.82 Å². The summed E-state index contributed by atoms with van der Waals surface area (Å²) in [5.74, 6) is 2.96. The zero-order valence-electron chi connectivity index (χ0n) is 21.0. The SMILES string of the molecule is CNCC(O)COc1cccc(-c2nc(CC3CCOC3)c(C)c(N3CCC4(CCO4)CC3)n2)c1. The van der Waals surface area contributed by atoms with Crippen molar-refractivity contribution in [1.29, 1.82) is 0 Å². The van der Waals surface area contributed by atoms with Crippen molar-refractivity contribution in [1.82, 2.24) is 15.3 Å². The Morgan fingerprint density at radius 1 is 1.23 bits per heavy atom. The summed E-state index contributed by atoms with van der Waals surface area (Å²) in [6, 6.07) is 7.86. The first-order valence-corrected chi connectivity index (χ1v) is 13.0. The van der Waals surface area contributed by atoms with Crippen LogP contribution >= 0.6 is 0 Å². The predicted octanol–water partition coefficient (Wildman–Crippen LogP) is 2.75. The van der Waals surface area contributed by atoms with E-state index >= 15 is 0 Å². The predicted molar refractivity (Wildman–Crippen MR) is 135 cm³/mol. The van der Waals surface area contributed by atoms with Crippen LogP contribution in [0.15, 0.2) is 24.3 Å². The molecular weight excluding hydrogens is 444 g/mol. The highest BCUT2D eigenvalue weighted by Crippen LogP contribution is 2.39. The summed E-state index contributed by atoms with van der Waals surface area (Å²) in [4.78, 5) is 12.6. The quantitative estimate of drug-likeness (QED) is 0.564. The Balaban J connectivity index is 1.41. The molecule has 1 aromatic carbocycles. The van der Waals surface area contributed by atoms with Gasteiger partial charge in [0.25, 0.3) is 0 Å². The Labute approximate surface area is 208 Å². The lowest BCUT2D eigenvalue weighted by Gasteiger charge is -2.48. The van der Waals surface area contributed by atoms with E-state index in [0.717, 1.165) is 81.5 Å². The van der Waals surface area contributed by atoms with Gasteiger partial charge in [0, 0.05) is 49.7 Å². The van der Waals surface area contributed by atoms with E-state index in [1.54, 1.807) is 0 Å². The van der Waals surface area contributed by atoms with Crippen LogP contribution in [0.5, 0.6) is 5.75 Å². The van der Waals surface area contributed by atoms with Gasteiger partial charge < -0.3 is 29.5 Å². The van der Waals surface area contributed by atoms with Gasteiger partial charge in [0.2, 0.25) is 0 Å². The molecule has 3 aliphatic rings. The molecule has 190 valence electrons. The molecule has 0 aliphatic carbocycles. The molecule has 1 aromatic heterocycles. The number of aromatic nitrogens is 2. The van der Waals surface area contributed by atoms with Gasteiger partial charge in [0.1, 0.15) is 24.3 Å². The van der Waals surface area contributed by atoms with E-state index in [1.807, 2.05) is 31.3 Å². The van der Waals surface area contributed by atoms with Gasteiger partial charge in [-0.1, -0.05) is 12.1 Å². The largest absolute Gasteiger partial charge is 0.491 e. The molecule has 0 radical (unpaired) electrons. The number of ether oxygens (including phenoxy) is 3. The van der Waals surface area contributed by atoms with E-state index in [9.17, 15) is 5.11 Å². The number of aliphatic hydroxyl groups is 1. The van der Waals surface area contributed by atoms with Crippen LogP contribution in [0.2, 0.25) is 0 Å². The normalized spacial score (nSPS) is 22.3. The van der Waals surface area contributed by atoms with E-state index in [0.29, 0.717) is 18.2 Å². The van der Waals surface area contributed by atoms with Gasteiger partial charge in [0.15, 0.2) is 5.82 Å². The molecule has 2 aromatic rings. The summed E-state index contributed by atoms with van der Waals surface area (Å²) >= 11 is 0. The molecule has 2 atom stereocenters. The highest BCUT2D eigenvalue weighted by molar-refractivity contribution is 5.62. The topological polar surface area (TPSA) is 89.0 Å². The van der Waals surface area contributed by atoms with Crippen LogP contribution in [0, 0.1) is 12.8 Å². The maximum Gasteiger partial charge on any atom is 0.161 e. The Hall–Kier alpha value is -2.26. The second-order valence-corrected chi connectivity index (χ2v) is 10.2. The van der Waals surface area contributed by atoms with Gasteiger partial charge in [-0.3, -0.25) is 0 Å². The van der Waals surface area contributed by atoms with E-state index in [1.165, 1.54) is 12.0 Å². The van der Waals surface area contributed by atoms with Gasteiger partial charge in [-0.2, -0.15) is 0 Å². The lowest BCUT2D eigenvalue weighted by molar-refractivity contribution is -0.158. The van der Waals surface area contributed by atoms with Gasteiger partial charge in [-0.05, 0) is 64.1 Å². The van der Waals surface area contributed by atoms with Crippen LogP contribution in [-0.2, 0) is 15.9 Å². The third kappa shape index (κ3) is 5.61. The molecule has 35 heavy (non-hydrogen) atoms. The van der Waals surface area contributed by atoms with Crippen LogP contribution in [0.3, 0.4) is 0 Å². The molecule has 8 heteroatoms. The maximum atomic E-state index is 10.0. The first kappa shape index (κ1) is 24.4. The molecule has 0 bridgehead atoms. The van der Waals surface area contributed by atoms with Gasteiger partial charge in [0.05, 0.1) is 12.2 Å². The molecule has 8 nitrogen and oxygen atoms in total. The molecule has 2 unspecified atom stereocenters. The number of piperidine rings is 1. The van der Waals surface area contributed by atoms with Crippen molar-refractivity contribution in [3.8, 4) is 17.1 Å². The number of rotatable bonds is 9. The first-order valence-electron chi connectivity index (χ1n) is 13.0. The van der Waals surface area contributed by atoms with Crippen molar-refractivity contribution in [2.75, 3.05) is 58.0 Å². The first-order chi connectivity index (χ1) is 17.0. The molecule has 3 fully saturated rings. The van der Waals surface area contributed by atoms with Crippen molar-refractivity contribution in [3.63, 3.8) is 0 Å². The zero-order valence-corrected chi connectivity index (χ0v) is 21.0. The minimum atomic E-state index is -0.562. The highest BCUT2D eigenvalue weighted by atomic mass is 16.5. The zero-order chi connectivity index (χ0) is 24.3. The fraction of sp³-hybridized carbons (Fsp3) is 0.630. The van der Waals surface area contributed by atoms with Crippen LogP contribution in [0.1, 0.15) is 36.9 Å².